The molecule has 0 unspecified atom stereocenters. The monoisotopic (exact) mass is 314 g/mol. The normalized spacial score (nSPS) is 10.5. The van der Waals surface area contributed by atoms with Crippen LogP contribution < -0.4 is 9.47 Å². The van der Waals surface area contributed by atoms with Crippen LogP contribution in [0.3, 0.4) is 0 Å². The standard InChI is InChI=1S/C20H26O3/c1-3-8-17-9-5-6-10-19(17)22-13-7-14-23-20-15-18(21)12-11-16(20)4-2/h5-6,9-12,15,21H,3-4,7-8,13-14H2,1-2H3. The fourth-order valence-corrected chi connectivity index (χ4v) is 2.51. The Morgan fingerprint density at radius 1 is 0.870 bits per heavy atom. The fourth-order valence-electron chi connectivity index (χ4n) is 2.51. The summed E-state index contributed by atoms with van der Waals surface area (Å²) in [5.41, 5.74) is 2.37. The zero-order valence-electron chi connectivity index (χ0n) is 14.0. The van der Waals surface area contributed by atoms with Gasteiger partial charge < -0.3 is 14.6 Å². The second-order valence-electron chi connectivity index (χ2n) is 5.55. The van der Waals surface area contributed by atoms with Crippen molar-refractivity contribution in [3.05, 3.63) is 53.6 Å². The van der Waals surface area contributed by atoms with E-state index in [1.165, 1.54) is 5.56 Å². The summed E-state index contributed by atoms with van der Waals surface area (Å²) in [4.78, 5) is 0. The Morgan fingerprint density at radius 2 is 1.61 bits per heavy atom. The van der Waals surface area contributed by atoms with Crippen LogP contribution in [0.5, 0.6) is 17.2 Å². The summed E-state index contributed by atoms with van der Waals surface area (Å²) < 4.78 is 11.7. The third-order valence-corrected chi connectivity index (χ3v) is 3.73. The van der Waals surface area contributed by atoms with Crippen molar-refractivity contribution < 1.29 is 14.6 Å². The van der Waals surface area contributed by atoms with Gasteiger partial charge in [-0.15, -0.1) is 0 Å². The summed E-state index contributed by atoms with van der Waals surface area (Å²) in [5.74, 6) is 1.97. The second-order valence-corrected chi connectivity index (χ2v) is 5.55. The van der Waals surface area contributed by atoms with E-state index in [4.69, 9.17) is 9.47 Å². The Hall–Kier alpha value is -2.16. The Bertz CT molecular complexity index is 608. The molecule has 1 N–H and O–H groups in total. The van der Waals surface area contributed by atoms with Crippen LogP contribution in [0.25, 0.3) is 0 Å². The molecule has 23 heavy (non-hydrogen) atoms. The molecule has 3 nitrogen and oxygen atoms in total. The quantitative estimate of drug-likeness (QED) is 0.679. The Morgan fingerprint density at radius 3 is 2.35 bits per heavy atom. The number of para-hydroxylation sites is 1. The Balaban J connectivity index is 1.79. The highest BCUT2D eigenvalue weighted by atomic mass is 16.5. The molecule has 3 heteroatoms. The van der Waals surface area contributed by atoms with Crippen molar-refractivity contribution in [3.8, 4) is 17.2 Å². The molecule has 0 radical (unpaired) electrons. The first-order valence-corrected chi connectivity index (χ1v) is 8.40. The summed E-state index contributed by atoms with van der Waals surface area (Å²) in [6.07, 6.45) is 3.84. The van der Waals surface area contributed by atoms with Crippen LogP contribution in [-0.2, 0) is 12.8 Å². The van der Waals surface area contributed by atoms with Crippen molar-refractivity contribution in [3.63, 3.8) is 0 Å². The van der Waals surface area contributed by atoms with Gasteiger partial charge in [-0.1, -0.05) is 44.5 Å². The van der Waals surface area contributed by atoms with Gasteiger partial charge in [0.25, 0.3) is 0 Å². The minimum atomic E-state index is 0.238. The SMILES string of the molecule is CCCc1ccccc1OCCCOc1cc(O)ccc1CC. The molecule has 0 aromatic heterocycles. The number of rotatable bonds is 9. The number of hydrogen-bond donors (Lipinski definition) is 1. The molecule has 0 heterocycles. The average Bonchev–Trinajstić information content (AvgIpc) is 2.56. The molecule has 0 saturated heterocycles. The number of aromatic hydroxyl groups is 1. The number of benzene rings is 2. The lowest BCUT2D eigenvalue weighted by atomic mass is 10.1. The van der Waals surface area contributed by atoms with Crippen molar-refractivity contribution >= 4 is 0 Å². The van der Waals surface area contributed by atoms with Gasteiger partial charge in [-0.25, -0.2) is 0 Å². The molecule has 0 aliphatic heterocycles. The zero-order chi connectivity index (χ0) is 16.5. The largest absolute Gasteiger partial charge is 0.508 e. The molecule has 0 fully saturated rings. The minimum Gasteiger partial charge on any atom is -0.508 e. The van der Waals surface area contributed by atoms with Gasteiger partial charge in [-0.3, -0.25) is 0 Å². The van der Waals surface area contributed by atoms with E-state index in [0.717, 1.165) is 42.7 Å². The fraction of sp³-hybridized carbons (Fsp3) is 0.400. The van der Waals surface area contributed by atoms with Crippen LogP contribution >= 0.6 is 0 Å². The molecular formula is C20H26O3. The lowest BCUT2D eigenvalue weighted by Gasteiger charge is -2.13. The van der Waals surface area contributed by atoms with Crippen molar-refractivity contribution in [1.29, 1.82) is 0 Å². The number of hydrogen-bond acceptors (Lipinski definition) is 3. The van der Waals surface area contributed by atoms with E-state index in [1.807, 2.05) is 18.2 Å². The van der Waals surface area contributed by atoms with Gasteiger partial charge in [-0.2, -0.15) is 0 Å². The Kier molecular flexibility index (Phi) is 6.79. The lowest BCUT2D eigenvalue weighted by molar-refractivity contribution is 0.244. The third-order valence-electron chi connectivity index (χ3n) is 3.73. The highest BCUT2D eigenvalue weighted by Crippen LogP contribution is 2.25. The molecule has 0 bridgehead atoms. The van der Waals surface area contributed by atoms with E-state index in [0.29, 0.717) is 13.2 Å². The van der Waals surface area contributed by atoms with E-state index in [2.05, 4.69) is 26.0 Å². The molecule has 0 aliphatic rings. The summed E-state index contributed by atoms with van der Waals surface area (Å²) >= 11 is 0. The average molecular weight is 314 g/mol. The van der Waals surface area contributed by atoms with Gasteiger partial charge in [0.1, 0.15) is 17.2 Å². The van der Waals surface area contributed by atoms with Crippen molar-refractivity contribution in [2.75, 3.05) is 13.2 Å². The van der Waals surface area contributed by atoms with Crippen LogP contribution in [0.4, 0.5) is 0 Å². The maximum atomic E-state index is 9.56. The number of phenols is 1. The third kappa shape index (κ3) is 5.20. The highest BCUT2D eigenvalue weighted by molar-refractivity contribution is 5.40. The zero-order valence-corrected chi connectivity index (χ0v) is 14.0. The van der Waals surface area contributed by atoms with Crippen LogP contribution in [0.2, 0.25) is 0 Å². The maximum Gasteiger partial charge on any atom is 0.126 e. The molecule has 0 saturated carbocycles. The molecule has 0 amide bonds. The topological polar surface area (TPSA) is 38.7 Å². The number of ether oxygens (including phenoxy) is 2. The number of aryl methyl sites for hydroxylation is 2. The van der Waals surface area contributed by atoms with Crippen LogP contribution in [0.15, 0.2) is 42.5 Å². The van der Waals surface area contributed by atoms with Gasteiger partial charge in [0, 0.05) is 12.5 Å². The molecule has 0 atom stereocenters. The predicted molar refractivity (Wildman–Crippen MR) is 93.5 cm³/mol. The molecule has 2 rings (SSSR count). The van der Waals surface area contributed by atoms with E-state index in [9.17, 15) is 5.11 Å². The first kappa shape index (κ1) is 17.2. The van der Waals surface area contributed by atoms with E-state index in [1.54, 1.807) is 12.1 Å². The molecular weight excluding hydrogens is 288 g/mol. The van der Waals surface area contributed by atoms with Gasteiger partial charge >= 0.3 is 0 Å². The van der Waals surface area contributed by atoms with E-state index < -0.39 is 0 Å². The molecule has 2 aromatic carbocycles. The van der Waals surface area contributed by atoms with Crippen molar-refractivity contribution in [2.45, 2.75) is 39.5 Å². The van der Waals surface area contributed by atoms with Crippen molar-refractivity contribution in [1.82, 2.24) is 0 Å². The summed E-state index contributed by atoms with van der Waals surface area (Å²) in [5, 5.41) is 9.56. The molecule has 124 valence electrons. The summed E-state index contributed by atoms with van der Waals surface area (Å²) in [6.45, 7) is 5.45. The molecule has 0 aliphatic carbocycles. The summed E-state index contributed by atoms with van der Waals surface area (Å²) in [7, 11) is 0. The predicted octanol–water partition coefficient (Wildman–Crippen LogP) is 4.76. The number of phenolic OH excluding ortho intramolecular Hbond substituents is 1. The molecule has 2 aromatic rings. The van der Waals surface area contributed by atoms with E-state index in [-0.39, 0.29) is 5.75 Å². The highest BCUT2D eigenvalue weighted by Gasteiger charge is 2.04. The minimum absolute atomic E-state index is 0.238. The molecule has 0 spiro atoms. The first-order chi connectivity index (χ1) is 11.2. The van der Waals surface area contributed by atoms with Crippen LogP contribution in [-0.4, -0.2) is 18.3 Å². The second kappa shape index (κ2) is 9.09. The summed E-state index contributed by atoms with van der Waals surface area (Å²) in [6, 6.07) is 13.5. The van der Waals surface area contributed by atoms with Gasteiger partial charge in [0.05, 0.1) is 13.2 Å². The van der Waals surface area contributed by atoms with Crippen LogP contribution in [0.1, 0.15) is 37.8 Å². The first-order valence-electron chi connectivity index (χ1n) is 8.40. The van der Waals surface area contributed by atoms with E-state index >= 15 is 0 Å². The Labute approximate surface area is 138 Å². The van der Waals surface area contributed by atoms with Crippen molar-refractivity contribution in [2.24, 2.45) is 0 Å². The smallest absolute Gasteiger partial charge is 0.126 e. The van der Waals surface area contributed by atoms with Crippen LogP contribution in [0, 0.1) is 0 Å². The van der Waals surface area contributed by atoms with Gasteiger partial charge in [-0.05, 0) is 36.1 Å². The maximum absolute atomic E-state index is 9.56. The van der Waals surface area contributed by atoms with Gasteiger partial charge in [0.2, 0.25) is 0 Å². The lowest BCUT2D eigenvalue weighted by Crippen LogP contribution is -2.07. The van der Waals surface area contributed by atoms with Gasteiger partial charge in [0.15, 0.2) is 0 Å².